The predicted octanol–water partition coefficient (Wildman–Crippen LogP) is 4.90. The summed E-state index contributed by atoms with van der Waals surface area (Å²) in [5.41, 5.74) is 3.64. The van der Waals surface area contributed by atoms with Gasteiger partial charge < -0.3 is 9.32 Å². The van der Waals surface area contributed by atoms with Gasteiger partial charge in [0.15, 0.2) is 11.3 Å². The van der Waals surface area contributed by atoms with E-state index < -0.39 is 10.0 Å². The molecule has 33 heavy (non-hydrogen) atoms. The standard InChI is InChI=1S/C26H32N2O4S/c1-18-17-22-20(3)23(26(29)28-15-8-5-9-16-28)32-24(22)25(19(18)2)33(30,31)27-14-10-13-21-11-6-4-7-12-21/h4,6-7,11-12,17,27H,5,8-10,13-16H2,1-3H3. The molecule has 1 aliphatic rings. The molecular weight excluding hydrogens is 436 g/mol. The number of carbonyl (C=O) groups excluding carboxylic acids is 1. The van der Waals surface area contributed by atoms with Gasteiger partial charge >= 0.3 is 0 Å². The van der Waals surface area contributed by atoms with E-state index in [2.05, 4.69) is 4.72 Å². The number of sulfonamides is 1. The van der Waals surface area contributed by atoms with E-state index in [4.69, 9.17) is 4.42 Å². The number of nitrogens with zero attached hydrogens (tertiary/aromatic N) is 1. The Labute approximate surface area is 196 Å². The van der Waals surface area contributed by atoms with E-state index in [0.717, 1.165) is 31.2 Å². The van der Waals surface area contributed by atoms with Crippen LogP contribution in [0.2, 0.25) is 0 Å². The van der Waals surface area contributed by atoms with Gasteiger partial charge in [0, 0.05) is 30.6 Å². The smallest absolute Gasteiger partial charge is 0.289 e. The maximum atomic E-state index is 13.4. The first kappa shape index (κ1) is 23.5. The molecule has 0 radical (unpaired) electrons. The summed E-state index contributed by atoms with van der Waals surface area (Å²) in [7, 11) is -3.82. The third-order valence-corrected chi connectivity index (χ3v) is 8.19. The second-order valence-electron chi connectivity index (χ2n) is 8.92. The molecule has 0 atom stereocenters. The number of piperidine rings is 1. The van der Waals surface area contributed by atoms with Crippen LogP contribution < -0.4 is 4.72 Å². The maximum Gasteiger partial charge on any atom is 0.289 e. The second kappa shape index (κ2) is 9.69. The van der Waals surface area contributed by atoms with Gasteiger partial charge in [0.25, 0.3) is 5.91 Å². The maximum absolute atomic E-state index is 13.4. The number of carbonyl (C=O) groups is 1. The van der Waals surface area contributed by atoms with E-state index in [-0.39, 0.29) is 22.1 Å². The number of rotatable bonds is 7. The van der Waals surface area contributed by atoms with Gasteiger partial charge in [0.2, 0.25) is 10.0 Å². The Balaban J connectivity index is 1.63. The van der Waals surface area contributed by atoms with Gasteiger partial charge in [-0.15, -0.1) is 0 Å². The van der Waals surface area contributed by atoms with Crippen molar-refractivity contribution in [3.63, 3.8) is 0 Å². The van der Waals surface area contributed by atoms with Crippen molar-refractivity contribution in [3.05, 3.63) is 64.4 Å². The average molecular weight is 469 g/mol. The molecule has 0 saturated carbocycles. The fraction of sp³-hybridized carbons (Fsp3) is 0.423. The van der Waals surface area contributed by atoms with E-state index in [1.165, 1.54) is 5.56 Å². The van der Waals surface area contributed by atoms with Crippen LogP contribution in [0.3, 0.4) is 0 Å². The fourth-order valence-electron chi connectivity index (χ4n) is 4.53. The van der Waals surface area contributed by atoms with E-state index in [0.29, 0.717) is 42.6 Å². The number of benzene rings is 2. The first-order chi connectivity index (χ1) is 15.8. The SMILES string of the molecule is Cc1cc2c(C)c(C(=O)N3CCCCC3)oc2c(S(=O)(=O)NCCCc2ccccc2)c1C. The quantitative estimate of drug-likeness (QED) is 0.501. The van der Waals surface area contributed by atoms with E-state index in [1.54, 1.807) is 6.92 Å². The molecule has 2 heterocycles. The highest BCUT2D eigenvalue weighted by Crippen LogP contribution is 2.35. The Kier molecular flexibility index (Phi) is 6.91. The Morgan fingerprint density at radius 1 is 1.03 bits per heavy atom. The van der Waals surface area contributed by atoms with Crippen molar-refractivity contribution < 1.29 is 17.6 Å². The molecule has 1 amide bonds. The number of nitrogens with one attached hydrogen (secondary N) is 1. The fourth-order valence-corrected chi connectivity index (χ4v) is 6.04. The van der Waals surface area contributed by atoms with Gasteiger partial charge in [-0.1, -0.05) is 30.3 Å². The van der Waals surface area contributed by atoms with Crippen molar-refractivity contribution in [1.82, 2.24) is 9.62 Å². The molecule has 1 aromatic heterocycles. The summed E-state index contributed by atoms with van der Waals surface area (Å²) in [6.07, 6.45) is 4.57. The van der Waals surface area contributed by atoms with Gasteiger partial charge in [-0.2, -0.15) is 0 Å². The number of furan rings is 1. The molecule has 1 fully saturated rings. The Morgan fingerprint density at radius 2 is 1.73 bits per heavy atom. The lowest BCUT2D eigenvalue weighted by Gasteiger charge is -2.25. The largest absolute Gasteiger partial charge is 0.449 e. The van der Waals surface area contributed by atoms with Crippen LogP contribution in [0.15, 0.2) is 45.7 Å². The topological polar surface area (TPSA) is 79.6 Å². The molecule has 2 aromatic carbocycles. The molecule has 0 bridgehead atoms. The van der Waals surface area contributed by atoms with Crippen LogP contribution in [0.1, 0.15) is 58.5 Å². The molecule has 4 rings (SSSR count). The molecule has 1 aliphatic heterocycles. The van der Waals surface area contributed by atoms with Crippen LogP contribution >= 0.6 is 0 Å². The summed E-state index contributed by atoms with van der Waals surface area (Å²) in [5, 5.41) is 0.683. The number of likely N-dealkylation sites (tertiary alicyclic amines) is 1. The Bertz CT molecular complexity index is 1260. The Morgan fingerprint density at radius 3 is 2.42 bits per heavy atom. The van der Waals surface area contributed by atoms with E-state index in [9.17, 15) is 13.2 Å². The zero-order chi connectivity index (χ0) is 23.6. The summed E-state index contributed by atoms with van der Waals surface area (Å²) in [5.74, 6) is 0.0929. The normalized spacial score (nSPS) is 14.7. The Hall–Kier alpha value is -2.64. The van der Waals surface area contributed by atoms with Crippen LogP contribution in [-0.4, -0.2) is 38.9 Å². The van der Waals surface area contributed by atoms with Gasteiger partial charge in [0.05, 0.1) is 0 Å². The molecule has 176 valence electrons. The number of amides is 1. The first-order valence-corrected chi connectivity index (χ1v) is 13.1. The summed E-state index contributed by atoms with van der Waals surface area (Å²) in [4.78, 5) is 15.1. The lowest BCUT2D eigenvalue weighted by atomic mass is 10.0. The molecule has 0 aliphatic carbocycles. The van der Waals surface area contributed by atoms with Crippen molar-refractivity contribution in [2.75, 3.05) is 19.6 Å². The van der Waals surface area contributed by atoms with E-state index in [1.807, 2.05) is 55.1 Å². The van der Waals surface area contributed by atoms with Crippen molar-refractivity contribution in [2.24, 2.45) is 0 Å². The summed E-state index contributed by atoms with van der Waals surface area (Å²) >= 11 is 0. The van der Waals surface area contributed by atoms with Gasteiger partial charge in [0.1, 0.15) is 4.90 Å². The molecule has 6 nitrogen and oxygen atoms in total. The zero-order valence-corrected chi connectivity index (χ0v) is 20.4. The molecule has 0 spiro atoms. The summed E-state index contributed by atoms with van der Waals surface area (Å²) in [6.45, 7) is 7.26. The highest BCUT2D eigenvalue weighted by atomic mass is 32.2. The zero-order valence-electron chi connectivity index (χ0n) is 19.6. The highest BCUT2D eigenvalue weighted by Gasteiger charge is 2.29. The van der Waals surface area contributed by atoms with Crippen LogP contribution in [0, 0.1) is 20.8 Å². The molecule has 1 saturated heterocycles. The predicted molar refractivity (Wildman–Crippen MR) is 130 cm³/mol. The first-order valence-electron chi connectivity index (χ1n) is 11.7. The van der Waals surface area contributed by atoms with Crippen molar-refractivity contribution in [3.8, 4) is 0 Å². The minimum absolute atomic E-state index is 0.137. The number of hydrogen-bond donors (Lipinski definition) is 1. The van der Waals surface area contributed by atoms with Gasteiger partial charge in [-0.05, 0) is 75.6 Å². The molecule has 0 unspecified atom stereocenters. The van der Waals surface area contributed by atoms with Crippen molar-refractivity contribution >= 4 is 26.9 Å². The number of hydrogen-bond acceptors (Lipinski definition) is 4. The minimum atomic E-state index is -3.82. The van der Waals surface area contributed by atoms with Crippen LogP contribution in [-0.2, 0) is 16.4 Å². The number of aryl methyl sites for hydroxylation is 3. The lowest BCUT2D eigenvalue weighted by molar-refractivity contribution is 0.0693. The second-order valence-corrected chi connectivity index (χ2v) is 10.6. The third-order valence-electron chi connectivity index (χ3n) is 6.58. The van der Waals surface area contributed by atoms with Crippen molar-refractivity contribution in [2.45, 2.75) is 57.8 Å². The highest BCUT2D eigenvalue weighted by molar-refractivity contribution is 7.89. The monoisotopic (exact) mass is 468 g/mol. The summed E-state index contributed by atoms with van der Waals surface area (Å²) in [6, 6.07) is 11.9. The average Bonchev–Trinajstić information content (AvgIpc) is 3.13. The van der Waals surface area contributed by atoms with Crippen LogP contribution in [0.5, 0.6) is 0 Å². The van der Waals surface area contributed by atoms with Gasteiger partial charge in [-0.3, -0.25) is 4.79 Å². The molecule has 7 heteroatoms. The van der Waals surface area contributed by atoms with Crippen molar-refractivity contribution in [1.29, 1.82) is 0 Å². The molecule has 1 N–H and O–H groups in total. The minimum Gasteiger partial charge on any atom is -0.449 e. The van der Waals surface area contributed by atoms with Crippen LogP contribution in [0.25, 0.3) is 11.0 Å². The van der Waals surface area contributed by atoms with Crippen LogP contribution in [0.4, 0.5) is 0 Å². The summed E-state index contributed by atoms with van der Waals surface area (Å²) < 4.78 is 35.5. The molecule has 3 aromatic rings. The molecular formula is C26H32N2O4S. The lowest BCUT2D eigenvalue weighted by Crippen LogP contribution is -2.35. The van der Waals surface area contributed by atoms with E-state index >= 15 is 0 Å². The number of fused-ring (bicyclic) bond motifs is 1. The third kappa shape index (κ3) is 4.84. The van der Waals surface area contributed by atoms with Gasteiger partial charge in [-0.25, -0.2) is 13.1 Å².